The highest BCUT2D eigenvalue weighted by molar-refractivity contribution is 7.47. The van der Waals surface area contributed by atoms with Crippen LogP contribution in [0.1, 0.15) is 182 Å². The number of ether oxygens (including phenoxy) is 6. The van der Waals surface area contributed by atoms with E-state index in [0.29, 0.717) is 122 Å². The highest BCUT2D eigenvalue weighted by Gasteiger charge is 2.50. The molecule has 6 fully saturated rings. The van der Waals surface area contributed by atoms with Crippen LogP contribution in [0.15, 0.2) is 0 Å². The summed E-state index contributed by atoms with van der Waals surface area (Å²) in [5, 5.41) is 117. The number of rotatable bonds is 53. The van der Waals surface area contributed by atoms with Crippen LogP contribution in [0.25, 0.3) is 0 Å². The third-order valence-electron chi connectivity index (χ3n) is 21.1. The number of unbranched alkanes of at least 4 members (excludes halogenated alkanes) is 9. The Morgan fingerprint density at radius 2 is 0.684 bits per heavy atom. The van der Waals surface area contributed by atoms with Gasteiger partial charge < -0.3 is 136 Å². The summed E-state index contributed by atoms with van der Waals surface area (Å²) in [7, 11) is -9.92. The summed E-state index contributed by atoms with van der Waals surface area (Å²) in [5.74, 6) is -3.17. The van der Waals surface area contributed by atoms with Gasteiger partial charge in [-0.3, -0.25) is 61.2 Å². The number of carbonyl (C=O) groups excluding carboxylic acids is 9. The number of likely N-dealkylation sites (tertiary alicyclic amines) is 3. The van der Waals surface area contributed by atoms with E-state index in [4.69, 9.17) is 46.5 Å². The van der Waals surface area contributed by atoms with E-state index in [2.05, 4.69) is 31.9 Å². The van der Waals surface area contributed by atoms with Crippen LogP contribution in [0.5, 0.6) is 0 Å². The number of hydrogen-bond acceptors (Lipinski definition) is 31. The molecule has 117 heavy (non-hydrogen) atoms. The van der Waals surface area contributed by atoms with Crippen molar-refractivity contribution in [3.63, 3.8) is 0 Å². The van der Waals surface area contributed by atoms with Crippen molar-refractivity contribution in [1.29, 1.82) is 0 Å². The molecule has 6 aliphatic rings. The van der Waals surface area contributed by atoms with Gasteiger partial charge in [-0.05, 0) is 102 Å². The van der Waals surface area contributed by atoms with Crippen LogP contribution in [0, 0.1) is 5.92 Å². The quantitative estimate of drug-likeness (QED) is 0.0211. The van der Waals surface area contributed by atoms with Gasteiger partial charge in [0, 0.05) is 118 Å². The summed E-state index contributed by atoms with van der Waals surface area (Å²) in [6, 6.07) is -5.65. The number of aliphatic hydroxyl groups excluding tert-OH is 10. The van der Waals surface area contributed by atoms with Crippen molar-refractivity contribution in [3.8, 4) is 0 Å². The minimum Gasteiger partial charge on any atom is -0.394 e. The molecule has 0 spiro atoms. The van der Waals surface area contributed by atoms with Gasteiger partial charge in [0.2, 0.25) is 53.2 Å². The molecular formula is C73H129N9O33P2. The van der Waals surface area contributed by atoms with Crippen LogP contribution in [0.3, 0.4) is 0 Å². The SMILES string of the molecule is CC(=O)NC1C(O)[C@@H](O)C(CO)O[C@H]1OCCCCC(=O)NCCCCCC(=O)N1C[C@H](C)C[C@H]1COP(=O)(O)O[C@@H]1C[C@@H](COP(=O)(O)O[C@@H]2C[C@@H](CO)N(C(=O)CCCCCNC(=O)CCCCO[C@@H]3OC(CO)[C@H](O)C(O)C3NC(C)=O)C2)N(C(=O)CCCCCNC(=O)CCCCO[C@@H]2OC(CO)[C@H](O)C(O)C2NC(C)=O)C1. The Labute approximate surface area is 681 Å². The molecule has 42 nitrogen and oxygen atoms in total. The predicted molar refractivity (Wildman–Crippen MR) is 408 cm³/mol. The lowest BCUT2D eigenvalue weighted by molar-refractivity contribution is -0.270. The number of hydrogen-bond donors (Lipinski definition) is 18. The number of carbonyl (C=O) groups is 9. The molecule has 44 heteroatoms. The van der Waals surface area contributed by atoms with Gasteiger partial charge in [0.15, 0.2) is 18.9 Å². The topological polar surface area (TPSA) is 605 Å². The van der Waals surface area contributed by atoms with E-state index >= 15 is 0 Å². The summed E-state index contributed by atoms with van der Waals surface area (Å²) in [6.45, 7) is 3.45. The number of phosphoric acid groups is 2. The van der Waals surface area contributed by atoms with E-state index in [9.17, 15) is 113 Å². The Kier molecular flexibility index (Phi) is 44.4. The Morgan fingerprint density at radius 1 is 0.385 bits per heavy atom. The van der Waals surface area contributed by atoms with Gasteiger partial charge in [-0.2, -0.15) is 0 Å². The second kappa shape index (κ2) is 51.7. The molecule has 0 aromatic rings. The lowest BCUT2D eigenvalue weighted by Crippen LogP contribution is -2.64. The van der Waals surface area contributed by atoms with Crippen LogP contribution in [0.2, 0.25) is 0 Å². The fourth-order valence-corrected chi connectivity index (χ4v) is 16.9. The molecule has 674 valence electrons. The number of amides is 9. The molecule has 0 aromatic carbocycles. The zero-order valence-electron chi connectivity index (χ0n) is 67.4. The molecule has 6 heterocycles. The van der Waals surface area contributed by atoms with Crippen molar-refractivity contribution in [2.24, 2.45) is 5.92 Å². The van der Waals surface area contributed by atoms with Gasteiger partial charge >= 0.3 is 15.6 Å². The van der Waals surface area contributed by atoms with E-state index in [-0.39, 0.29) is 133 Å². The molecule has 9 amide bonds. The minimum atomic E-state index is -4.99. The van der Waals surface area contributed by atoms with Gasteiger partial charge in [0.05, 0.1) is 70.0 Å². The van der Waals surface area contributed by atoms with Crippen LogP contribution in [-0.2, 0) is 98.8 Å². The van der Waals surface area contributed by atoms with E-state index in [1.165, 1.54) is 30.6 Å². The summed E-state index contributed by atoms with van der Waals surface area (Å²) < 4.78 is 83.6. The highest BCUT2D eigenvalue weighted by atomic mass is 31.2. The highest BCUT2D eigenvalue weighted by Crippen LogP contribution is 2.50. The summed E-state index contributed by atoms with van der Waals surface area (Å²) in [4.78, 5) is 141. The van der Waals surface area contributed by atoms with E-state index < -0.39 is 195 Å². The van der Waals surface area contributed by atoms with Gasteiger partial charge in [-0.15, -0.1) is 0 Å². The molecule has 23 atom stereocenters. The molecule has 0 aromatic heterocycles. The lowest BCUT2D eigenvalue weighted by atomic mass is 9.97. The van der Waals surface area contributed by atoms with Crippen LogP contribution >= 0.6 is 15.6 Å². The molecular weight excluding hydrogens is 1590 g/mol. The van der Waals surface area contributed by atoms with Crippen LogP contribution in [-0.4, -0.2) is 350 Å². The summed E-state index contributed by atoms with van der Waals surface area (Å²) in [6.07, 6.45) is -10.2. The van der Waals surface area contributed by atoms with Crippen molar-refractivity contribution in [3.05, 3.63) is 0 Å². The van der Waals surface area contributed by atoms with Crippen molar-refractivity contribution >= 4 is 68.8 Å². The largest absolute Gasteiger partial charge is 0.472 e. The van der Waals surface area contributed by atoms with Gasteiger partial charge in [0.25, 0.3) is 0 Å². The first-order chi connectivity index (χ1) is 55.7. The van der Waals surface area contributed by atoms with E-state index in [1.54, 1.807) is 4.90 Å². The molecule has 0 radical (unpaired) electrons. The van der Waals surface area contributed by atoms with Crippen molar-refractivity contribution in [2.75, 3.05) is 98.7 Å². The van der Waals surface area contributed by atoms with Gasteiger partial charge in [-0.1, -0.05) is 26.2 Å². The number of aliphatic hydroxyl groups is 10. The normalized spacial score (nSPS) is 30.3. The summed E-state index contributed by atoms with van der Waals surface area (Å²) >= 11 is 0. The molecule has 0 bridgehead atoms. The maximum absolute atomic E-state index is 14.1. The average molecular weight is 1720 g/mol. The first-order valence-electron chi connectivity index (χ1n) is 40.8. The number of phosphoric ester groups is 2. The first-order valence-corrected chi connectivity index (χ1v) is 43.8. The van der Waals surface area contributed by atoms with Crippen molar-refractivity contribution in [2.45, 2.75) is 304 Å². The van der Waals surface area contributed by atoms with Gasteiger partial charge in [0.1, 0.15) is 73.1 Å². The minimum absolute atomic E-state index is 0.0171. The number of nitrogens with one attached hydrogen (secondary N) is 6. The Balaban J connectivity index is 0.923. The zero-order valence-corrected chi connectivity index (χ0v) is 69.2. The van der Waals surface area contributed by atoms with Crippen molar-refractivity contribution < 1.29 is 160 Å². The van der Waals surface area contributed by atoms with Crippen molar-refractivity contribution in [1.82, 2.24) is 46.6 Å². The maximum atomic E-state index is 14.1. The molecule has 6 aliphatic heterocycles. The molecule has 6 rings (SSSR count). The second-order valence-corrected chi connectivity index (χ2v) is 33.7. The standard InChI is InChI=1S/C73H129N9O33P2/c1-44-32-49(80(35-44)59(93)23-8-5-14-26-74-56(90)20-11-17-29-106-71-62(77-45(2)87)68(99)65(96)53(39-84)111-71)42-109-116(102,103)115-52-34-50(82(37-52)61(95)25-10-7-16-28-76-58(92)22-13-19-31-108-73-64(79-47(4)89)70(101)67(98)55(41-86)113-73)43-110-117(104,105)114-51-33-48(38-83)81(36-51)60(94)24-9-6-15-27-75-57(91)21-12-18-30-107-72-63(78-46(3)88)69(100)66(97)54(40-85)112-72/h44,48-55,62-73,83-86,96-101H,5-43H2,1-4H3,(H,74,90)(H,75,91)(H,76,92)(H,77,87)(H,78,88)(H,79,89)(H,102,103)(H,104,105)/t44-,48+,49+,50+,51-,52-,53?,54?,55?,62?,63?,64?,65+,66+,67+,68?,69?,70?,71-,72-,73-/m1/s1. The molecule has 11 unspecified atom stereocenters. The van der Waals surface area contributed by atoms with E-state index in [1.807, 2.05) is 6.92 Å². The predicted octanol–water partition coefficient (Wildman–Crippen LogP) is -3.16. The van der Waals surface area contributed by atoms with Crippen LogP contribution < -0.4 is 31.9 Å². The fraction of sp³-hybridized carbons (Fsp3) is 0.877. The van der Waals surface area contributed by atoms with Crippen LogP contribution in [0.4, 0.5) is 0 Å². The molecule has 6 saturated heterocycles. The molecule has 0 aliphatic carbocycles. The van der Waals surface area contributed by atoms with Gasteiger partial charge in [-0.25, -0.2) is 9.13 Å². The molecule has 18 N–H and O–H groups in total. The molecule has 0 saturated carbocycles. The smallest absolute Gasteiger partial charge is 0.394 e. The average Bonchev–Trinajstić information content (AvgIpc) is 1.26. The van der Waals surface area contributed by atoms with E-state index in [0.717, 1.165) is 0 Å². The first kappa shape index (κ1) is 101. The third kappa shape index (κ3) is 34.2. The third-order valence-corrected chi connectivity index (χ3v) is 23.2. The monoisotopic (exact) mass is 1720 g/mol. The Hall–Kier alpha value is -5.19. The second-order valence-electron chi connectivity index (χ2n) is 30.8. The summed E-state index contributed by atoms with van der Waals surface area (Å²) in [5.41, 5.74) is 0. The Morgan fingerprint density at radius 3 is 1.00 bits per heavy atom. The fourth-order valence-electron chi connectivity index (χ4n) is 15.0. The lowest BCUT2D eigenvalue weighted by Gasteiger charge is -2.42. The Bertz CT molecular complexity index is 3180. The number of nitrogens with zero attached hydrogens (tertiary/aromatic N) is 3. The zero-order chi connectivity index (χ0) is 85.9. The maximum Gasteiger partial charge on any atom is 0.472 e.